The first-order chi connectivity index (χ1) is 11.2. The molecule has 2 aromatic carbocycles. The molecule has 0 saturated heterocycles. The van der Waals surface area contributed by atoms with Gasteiger partial charge in [0, 0.05) is 11.6 Å². The second kappa shape index (κ2) is 8.29. The molecule has 0 N–H and O–H groups in total. The predicted molar refractivity (Wildman–Crippen MR) is 87.4 cm³/mol. The van der Waals surface area contributed by atoms with E-state index in [1.165, 1.54) is 13.2 Å². The summed E-state index contributed by atoms with van der Waals surface area (Å²) in [5.74, 6) is 2.19. The lowest BCUT2D eigenvalue weighted by molar-refractivity contribution is 0.112. The molecule has 23 heavy (non-hydrogen) atoms. The smallest absolute Gasteiger partial charge is 0.179 e. The van der Waals surface area contributed by atoms with E-state index in [-0.39, 0.29) is 6.61 Å². The Labute approximate surface area is 139 Å². The molecule has 6 heteroatoms. The Balaban J connectivity index is 1.94. The molecule has 0 unspecified atom stereocenters. The van der Waals surface area contributed by atoms with Crippen LogP contribution in [0.1, 0.15) is 10.4 Å². The fourth-order valence-electron chi connectivity index (χ4n) is 1.94. The average Bonchev–Trinajstić information content (AvgIpc) is 2.59. The second-order valence-electron chi connectivity index (χ2n) is 4.53. The van der Waals surface area contributed by atoms with Gasteiger partial charge in [0.15, 0.2) is 11.5 Å². The third-order valence-corrected chi connectivity index (χ3v) is 3.31. The Morgan fingerprint density at radius 2 is 1.74 bits per heavy atom. The van der Waals surface area contributed by atoms with Crippen molar-refractivity contribution in [3.63, 3.8) is 0 Å². The van der Waals surface area contributed by atoms with Crippen molar-refractivity contribution in [2.24, 2.45) is 0 Å². The summed E-state index contributed by atoms with van der Waals surface area (Å²) >= 11 is 6.11. The summed E-state index contributed by atoms with van der Waals surface area (Å²) in [4.78, 5) is 10.8. The van der Waals surface area contributed by atoms with Crippen LogP contribution in [0.15, 0.2) is 36.4 Å². The van der Waals surface area contributed by atoms with Gasteiger partial charge in [-0.05, 0) is 24.3 Å². The summed E-state index contributed by atoms with van der Waals surface area (Å²) in [6.07, 6.45) is 0.698. The molecule has 0 aliphatic heterocycles. The first-order valence-electron chi connectivity index (χ1n) is 6.90. The van der Waals surface area contributed by atoms with Crippen molar-refractivity contribution in [3.8, 4) is 23.0 Å². The zero-order valence-corrected chi connectivity index (χ0v) is 13.6. The highest BCUT2D eigenvalue weighted by Gasteiger charge is 2.12. The number of rotatable bonds is 8. The zero-order chi connectivity index (χ0) is 16.7. The van der Waals surface area contributed by atoms with Gasteiger partial charge >= 0.3 is 0 Å². The number of carbonyl (C=O) groups is 1. The largest absolute Gasteiger partial charge is 0.497 e. The summed E-state index contributed by atoms with van der Waals surface area (Å²) in [6, 6.07) is 10.4. The van der Waals surface area contributed by atoms with Crippen molar-refractivity contribution in [1.82, 2.24) is 0 Å². The van der Waals surface area contributed by atoms with Crippen molar-refractivity contribution < 1.29 is 23.7 Å². The van der Waals surface area contributed by atoms with Gasteiger partial charge in [0.1, 0.15) is 31.0 Å². The fraction of sp³-hybridized carbons (Fsp3) is 0.235. The summed E-state index contributed by atoms with van der Waals surface area (Å²) in [5.41, 5.74) is 0.423. The number of ether oxygens (including phenoxy) is 4. The van der Waals surface area contributed by atoms with Gasteiger partial charge in [-0.2, -0.15) is 0 Å². The van der Waals surface area contributed by atoms with Crippen molar-refractivity contribution in [3.05, 3.63) is 47.0 Å². The molecule has 5 nitrogen and oxygen atoms in total. The van der Waals surface area contributed by atoms with Crippen LogP contribution in [0.5, 0.6) is 23.0 Å². The summed E-state index contributed by atoms with van der Waals surface area (Å²) in [6.45, 7) is 0.593. The van der Waals surface area contributed by atoms with Gasteiger partial charge in [0.25, 0.3) is 0 Å². The van der Waals surface area contributed by atoms with E-state index in [4.69, 9.17) is 30.5 Å². The normalized spacial score (nSPS) is 10.0. The molecule has 0 aliphatic carbocycles. The van der Waals surface area contributed by atoms with Crippen LogP contribution in [0.25, 0.3) is 0 Å². The van der Waals surface area contributed by atoms with Crippen LogP contribution < -0.4 is 18.9 Å². The number of aldehydes is 1. The predicted octanol–water partition coefficient (Wildman–Crippen LogP) is 3.63. The molecule has 0 amide bonds. The van der Waals surface area contributed by atoms with Gasteiger partial charge in [0.05, 0.1) is 19.2 Å². The molecule has 122 valence electrons. The van der Waals surface area contributed by atoms with Crippen LogP contribution in [0.3, 0.4) is 0 Å². The maximum Gasteiger partial charge on any atom is 0.179 e. The van der Waals surface area contributed by atoms with E-state index in [0.29, 0.717) is 40.7 Å². The number of benzene rings is 2. The molecule has 0 spiro atoms. The highest BCUT2D eigenvalue weighted by molar-refractivity contribution is 6.32. The van der Waals surface area contributed by atoms with Gasteiger partial charge in [-0.15, -0.1) is 0 Å². The molecule has 2 rings (SSSR count). The third kappa shape index (κ3) is 4.53. The van der Waals surface area contributed by atoms with Crippen molar-refractivity contribution >= 4 is 17.9 Å². The molecule has 0 aliphatic rings. The topological polar surface area (TPSA) is 54.0 Å². The van der Waals surface area contributed by atoms with Crippen molar-refractivity contribution in [2.75, 3.05) is 27.4 Å². The van der Waals surface area contributed by atoms with E-state index < -0.39 is 0 Å². The Morgan fingerprint density at radius 3 is 2.43 bits per heavy atom. The maximum absolute atomic E-state index is 10.8. The minimum atomic E-state index is 0.272. The van der Waals surface area contributed by atoms with Gasteiger partial charge in [-0.1, -0.05) is 17.7 Å². The average molecular weight is 337 g/mol. The van der Waals surface area contributed by atoms with E-state index in [0.717, 1.165) is 5.75 Å². The highest BCUT2D eigenvalue weighted by atomic mass is 35.5. The van der Waals surface area contributed by atoms with E-state index in [1.807, 2.05) is 18.2 Å². The third-order valence-electron chi connectivity index (χ3n) is 3.03. The number of halogens is 1. The van der Waals surface area contributed by atoms with Gasteiger partial charge in [0.2, 0.25) is 0 Å². The zero-order valence-electron chi connectivity index (χ0n) is 12.9. The van der Waals surface area contributed by atoms with Gasteiger partial charge < -0.3 is 18.9 Å². The minimum absolute atomic E-state index is 0.272. The molecule has 2 aromatic rings. The number of hydrogen-bond donors (Lipinski definition) is 0. The van der Waals surface area contributed by atoms with Crippen LogP contribution in [0, 0.1) is 0 Å². The van der Waals surface area contributed by atoms with E-state index >= 15 is 0 Å². The van der Waals surface area contributed by atoms with Crippen molar-refractivity contribution in [2.45, 2.75) is 0 Å². The first kappa shape index (κ1) is 17.0. The van der Waals surface area contributed by atoms with Gasteiger partial charge in [-0.3, -0.25) is 4.79 Å². The Bertz CT molecular complexity index is 672. The maximum atomic E-state index is 10.8. The lowest BCUT2D eigenvalue weighted by atomic mass is 10.2. The Kier molecular flexibility index (Phi) is 6.11. The number of methoxy groups -OCH3 is 2. The number of carbonyl (C=O) groups excluding carboxylic acids is 1. The molecular formula is C17H17ClO5. The monoisotopic (exact) mass is 336 g/mol. The summed E-state index contributed by atoms with van der Waals surface area (Å²) in [5, 5.41) is 0.313. The molecule has 0 atom stereocenters. The SMILES string of the molecule is COc1cccc(OCCOc2c(Cl)cc(C=O)cc2OC)c1. The molecule has 0 bridgehead atoms. The minimum Gasteiger partial charge on any atom is -0.497 e. The molecular weight excluding hydrogens is 320 g/mol. The second-order valence-corrected chi connectivity index (χ2v) is 4.94. The first-order valence-corrected chi connectivity index (χ1v) is 7.28. The Morgan fingerprint density at radius 1 is 1.00 bits per heavy atom. The quantitative estimate of drug-likeness (QED) is 0.544. The van der Waals surface area contributed by atoms with E-state index in [1.54, 1.807) is 19.2 Å². The van der Waals surface area contributed by atoms with Crippen LogP contribution in [0.2, 0.25) is 5.02 Å². The molecule has 0 fully saturated rings. The number of hydrogen-bond acceptors (Lipinski definition) is 5. The van der Waals surface area contributed by atoms with Crippen LogP contribution in [-0.4, -0.2) is 33.7 Å². The van der Waals surface area contributed by atoms with E-state index in [2.05, 4.69) is 0 Å². The summed E-state index contributed by atoms with van der Waals surface area (Å²) < 4.78 is 21.5. The lowest BCUT2D eigenvalue weighted by Crippen LogP contribution is -2.10. The fourth-order valence-corrected chi connectivity index (χ4v) is 2.22. The molecule has 0 aromatic heterocycles. The van der Waals surface area contributed by atoms with Crippen LogP contribution in [0.4, 0.5) is 0 Å². The standard InChI is InChI=1S/C17H17ClO5/c1-20-13-4-3-5-14(10-13)22-6-7-23-17-15(18)8-12(11-19)9-16(17)21-2/h3-5,8-11H,6-7H2,1-2H3. The molecule has 0 radical (unpaired) electrons. The molecule has 0 saturated carbocycles. The van der Waals surface area contributed by atoms with Gasteiger partial charge in [-0.25, -0.2) is 0 Å². The highest BCUT2D eigenvalue weighted by Crippen LogP contribution is 2.36. The van der Waals surface area contributed by atoms with Crippen LogP contribution in [-0.2, 0) is 0 Å². The molecule has 0 heterocycles. The van der Waals surface area contributed by atoms with Crippen molar-refractivity contribution in [1.29, 1.82) is 0 Å². The lowest BCUT2D eigenvalue weighted by Gasteiger charge is -2.13. The Hall–Kier alpha value is -2.40. The summed E-state index contributed by atoms with van der Waals surface area (Å²) in [7, 11) is 3.08. The van der Waals surface area contributed by atoms with Crippen LogP contribution >= 0.6 is 11.6 Å². The van der Waals surface area contributed by atoms with E-state index in [9.17, 15) is 4.79 Å².